The molecule has 0 bridgehead atoms. The molecule has 2 aromatic carbocycles. The number of hydrogen-bond acceptors (Lipinski definition) is 2. The summed E-state index contributed by atoms with van der Waals surface area (Å²) in [5, 5.41) is 3.13. The van der Waals surface area contributed by atoms with Gasteiger partial charge in [0.15, 0.2) is 0 Å². The van der Waals surface area contributed by atoms with E-state index in [0.717, 1.165) is 24.1 Å². The van der Waals surface area contributed by atoms with Crippen molar-refractivity contribution in [1.82, 2.24) is 5.32 Å². The maximum Gasteiger partial charge on any atom is 0.220 e. The van der Waals surface area contributed by atoms with Crippen molar-refractivity contribution >= 4 is 11.6 Å². The molecule has 0 aliphatic heterocycles. The third kappa shape index (κ3) is 4.92. The number of anilines is 1. The quantitative estimate of drug-likeness (QED) is 0.770. The summed E-state index contributed by atoms with van der Waals surface area (Å²) in [7, 11) is 0. The summed E-state index contributed by atoms with van der Waals surface area (Å²) in [5.41, 5.74) is 8.95. The lowest BCUT2D eigenvalue weighted by Gasteiger charge is -2.17. The van der Waals surface area contributed by atoms with Gasteiger partial charge in [0.25, 0.3) is 0 Å². The van der Waals surface area contributed by atoms with Crippen molar-refractivity contribution < 1.29 is 4.79 Å². The van der Waals surface area contributed by atoms with E-state index in [2.05, 4.69) is 24.4 Å². The highest BCUT2D eigenvalue weighted by atomic mass is 16.1. The number of aryl methyl sites for hydroxylation is 1. The first-order chi connectivity index (χ1) is 10.7. The third-order valence-electron chi connectivity index (χ3n) is 3.86. The van der Waals surface area contributed by atoms with Crippen LogP contribution < -0.4 is 11.1 Å². The predicted molar refractivity (Wildman–Crippen MR) is 91.5 cm³/mol. The van der Waals surface area contributed by atoms with Gasteiger partial charge in [-0.3, -0.25) is 4.79 Å². The summed E-state index contributed by atoms with van der Waals surface area (Å²) < 4.78 is 0. The second kappa shape index (κ2) is 8.23. The molecule has 1 atom stereocenters. The van der Waals surface area contributed by atoms with Crippen LogP contribution in [-0.4, -0.2) is 11.9 Å². The lowest BCUT2D eigenvalue weighted by atomic mass is 10.0. The van der Waals surface area contributed by atoms with Crippen LogP contribution in [0.4, 0.5) is 5.69 Å². The van der Waals surface area contributed by atoms with Crippen molar-refractivity contribution in [2.24, 2.45) is 0 Å². The van der Waals surface area contributed by atoms with Gasteiger partial charge in [-0.15, -0.1) is 0 Å². The molecule has 1 unspecified atom stereocenters. The van der Waals surface area contributed by atoms with Crippen LogP contribution in [0.5, 0.6) is 0 Å². The minimum Gasteiger partial charge on any atom is -0.399 e. The van der Waals surface area contributed by atoms with Crippen molar-refractivity contribution in [3.05, 3.63) is 65.7 Å². The fraction of sp³-hybridized carbons (Fsp3) is 0.316. The minimum absolute atomic E-state index is 0.0889. The van der Waals surface area contributed by atoms with Crippen LogP contribution in [0, 0.1) is 0 Å². The number of para-hydroxylation sites is 1. The summed E-state index contributed by atoms with van der Waals surface area (Å²) in [5.74, 6) is 0.0889. The third-order valence-corrected chi connectivity index (χ3v) is 3.86. The molecule has 2 rings (SSSR count). The Morgan fingerprint density at radius 2 is 1.77 bits per heavy atom. The van der Waals surface area contributed by atoms with E-state index >= 15 is 0 Å². The highest BCUT2D eigenvalue weighted by Gasteiger charge is 2.11. The van der Waals surface area contributed by atoms with E-state index < -0.39 is 0 Å². The van der Waals surface area contributed by atoms with Gasteiger partial charge in [-0.1, -0.05) is 55.5 Å². The highest BCUT2D eigenvalue weighted by Crippen LogP contribution is 2.13. The molecule has 0 aliphatic carbocycles. The number of hydrogen-bond donors (Lipinski definition) is 2. The summed E-state index contributed by atoms with van der Waals surface area (Å²) in [6.45, 7) is 2.10. The summed E-state index contributed by atoms with van der Waals surface area (Å²) in [6.07, 6.45) is 2.95. The van der Waals surface area contributed by atoms with Crippen LogP contribution in [0.25, 0.3) is 0 Å². The number of amides is 1. The average Bonchev–Trinajstić information content (AvgIpc) is 2.54. The lowest BCUT2D eigenvalue weighted by Crippen LogP contribution is -2.36. The molecule has 22 heavy (non-hydrogen) atoms. The zero-order valence-electron chi connectivity index (χ0n) is 13.1. The van der Waals surface area contributed by atoms with E-state index in [-0.39, 0.29) is 11.9 Å². The Labute approximate surface area is 132 Å². The molecule has 1 amide bonds. The number of nitrogens with two attached hydrogens (primary N) is 1. The Kier molecular flexibility index (Phi) is 6.01. The van der Waals surface area contributed by atoms with Crippen LogP contribution in [0.2, 0.25) is 0 Å². The van der Waals surface area contributed by atoms with Crippen LogP contribution in [0.3, 0.4) is 0 Å². The SMILES string of the molecule is CCC(Cc1ccccc1)NC(=O)CCc1ccccc1N. The van der Waals surface area contributed by atoms with Crippen molar-refractivity contribution in [2.75, 3.05) is 5.73 Å². The fourth-order valence-corrected chi connectivity index (χ4v) is 2.51. The van der Waals surface area contributed by atoms with E-state index in [9.17, 15) is 4.79 Å². The van der Waals surface area contributed by atoms with Crippen molar-refractivity contribution in [3.63, 3.8) is 0 Å². The standard InChI is InChI=1S/C19H24N2O/c1-2-17(14-15-8-4-3-5-9-15)21-19(22)13-12-16-10-6-7-11-18(16)20/h3-11,17H,2,12-14,20H2,1H3,(H,21,22). The predicted octanol–water partition coefficient (Wildman–Crippen LogP) is 3.34. The Balaban J connectivity index is 1.83. The first-order valence-electron chi connectivity index (χ1n) is 7.85. The maximum absolute atomic E-state index is 12.1. The fourth-order valence-electron chi connectivity index (χ4n) is 2.51. The van der Waals surface area contributed by atoms with E-state index in [0.29, 0.717) is 12.8 Å². The number of nitrogens with one attached hydrogen (secondary N) is 1. The molecule has 0 spiro atoms. The van der Waals surface area contributed by atoms with Gasteiger partial charge in [-0.2, -0.15) is 0 Å². The van der Waals surface area contributed by atoms with Gasteiger partial charge in [0.1, 0.15) is 0 Å². The zero-order chi connectivity index (χ0) is 15.8. The molecule has 0 fully saturated rings. The topological polar surface area (TPSA) is 55.1 Å². The van der Waals surface area contributed by atoms with Crippen molar-refractivity contribution in [1.29, 1.82) is 0 Å². The summed E-state index contributed by atoms with van der Waals surface area (Å²) in [4.78, 5) is 12.1. The van der Waals surface area contributed by atoms with E-state index in [1.807, 2.05) is 42.5 Å². The van der Waals surface area contributed by atoms with Gasteiger partial charge in [0.2, 0.25) is 5.91 Å². The largest absolute Gasteiger partial charge is 0.399 e. The first-order valence-corrected chi connectivity index (χ1v) is 7.85. The second-order valence-electron chi connectivity index (χ2n) is 5.56. The molecule has 3 nitrogen and oxygen atoms in total. The number of nitrogen functional groups attached to an aromatic ring is 1. The van der Waals surface area contributed by atoms with Gasteiger partial charge in [-0.05, 0) is 36.5 Å². The second-order valence-corrected chi connectivity index (χ2v) is 5.56. The Bertz CT molecular complexity index is 595. The Hall–Kier alpha value is -2.29. The molecule has 0 aromatic heterocycles. The first kappa shape index (κ1) is 16.1. The molecular weight excluding hydrogens is 272 g/mol. The van der Waals surface area contributed by atoms with Crippen molar-refractivity contribution in [2.45, 2.75) is 38.6 Å². The number of benzene rings is 2. The Morgan fingerprint density at radius 3 is 2.45 bits per heavy atom. The number of carbonyl (C=O) groups is 1. The lowest BCUT2D eigenvalue weighted by molar-refractivity contribution is -0.121. The average molecular weight is 296 g/mol. The molecule has 0 saturated carbocycles. The van der Waals surface area contributed by atoms with Gasteiger partial charge >= 0.3 is 0 Å². The molecule has 3 N–H and O–H groups in total. The molecule has 0 aliphatic rings. The highest BCUT2D eigenvalue weighted by molar-refractivity contribution is 5.76. The Morgan fingerprint density at radius 1 is 1.09 bits per heavy atom. The van der Waals surface area contributed by atoms with Gasteiger partial charge in [0, 0.05) is 18.2 Å². The van der Waals surface area contributed by atoms with E-state index in [1.165, 1.54) is 5.56 Å². The van der Waals surface area contributed by atoms with Crippen LogP contribution in [0.1, 0.15) is 30.9 Å². The monoisotopic (exact) mass is 296 g/mol. The van der Waals surface area contributed by atoms with Crippen LogP contribution in [-0.2, 0) is 17.6 Å². The number of carbonyl (C=O) groups excluding carboxylic acids is 1. The summed E-state index contributed by atoms with van der Waals surface area (Å²) >= 11 is 0. The molecule has 2 aromatic rings. The molecule has 0 saturated heterocycles. The van der Waals surface area contributed by atoms with Crippen LogP contribution >= 0.6 is 0 Å². The smallest absolute Gasteiger partial charge is 0.220 e. The minimum atomic E-state index is 0.0889. The molecule has 0 radical (unpaired) electrons. The maximum atomic E-state index is 12.1. The molecule has 116 valence electrons. The molecule has 0 heterocycles. The summed E-state index contributed by atoms with van der Waals surface area (Å²) in [6, 6.07) is 18.2. The van der Waals surface area contributed by atoms with Gasteiger partial charge in [-0.25, -0.2) is 0 Å². The normalized spacial score (nSPS) is 11.9. The number of rotatable bonds is 7. The van der Waals surface area contributed by atoms with E-state index in [1.54, 1.807) is 0 Å². The van der Waals surface area contributed by atoms with Crippen molar-refractivity contribution in [3.8, 4) is 0 Å². The van der Waals surface area contributed by atoms with Gasteiger partial charge in [0.05, 0.1) is 0 Å². The van der Waals surface area contributed by atoms with E-state index in [4.69, 9.17) is 5.73 Å². The zero-order valence-corrected chi connectivity index (χ0v) is 13.1. The van der Waals surface area contributed by atoms with Gasteiger partial charge < -0.3 is 11.1 Å². The van der Waals surface area contributed by atoms with Crippen LogP contribution in [0.15, 0.2) is 54.6 Å². The molecular formula is C19H24N2O. The molecule has 3 heteroatoms.